The van der Waals surface area contributed by atoms with Gasteiger partial charge in [-0.2, -0.15) is 0 Å². The number of fused-ring (bicyclic) bond motifs is 8. The topological polar surface area (TPSA) is 483 Å². The van der Waals surface area contributed by atoms with Crippen LogP contribution in [0.2, 0.25) is 0 Å². The van der Waals surface area contributed by atoms with E-state index in [0.717, 1.165) is 21.6 Å². The van der Waals surface area contributed by atoms with Crippen LogP contribution < -0.4 is 70.4 Å². The van der Waals surface area contributed by atoms with Gasteiger partial charge in [0.1, 0.15) is 78.5 Å². The summed E-state index contributed by atoms with van der Waals surface area (Å²) in [5, 5.41) is 48.5. The van der Waals surface area contributed by atoms with E-state index in [1.807, 2.05) is 27.7 Å². The van der Waals surface area contributed by atoms with Gasteiger partial charge < -0.3 is 95.3 Å². The largest absolute Gasteiger partial charge is 0.394 e. The fourth-order valence-electron chi connectivity index (χ4n) is 12.6. The molecule has 0 spiro atoms. The number of aliphatic hydroxyl groups excluding tert-OH is 2. The fourth-order valence-corrected chi connectivity index (χ4v) is 15.4. The summed E-state index contributed by atoms with van der Waals surface area (Å²) >= 11 is 0. The number of hydrogen-bond acceptors (Lipinski definition) is 19. The number of nitrogens with one attached hydrogen (secondary N) is 10. The lowest BCUT2D eigenvalue weighted by Crippen LogP contribution is -2.65. The van der Waals surface area contributed by atoms with E-state index in [1.165, 1.54) is 14.7 Å². The second-order valence-electron chi connectivity index (χ2n) is 28.1. The van der Waals surface area contributed by atoms with Gasteiger partial charge in [0.05, 0.1) is 13.2 Å². The number of aliphatic imine (C=N–C) groups is 1. The van der Waals surface area contributed by atoms with Gasteiger partial charge in [-0.3, -0.25) is 67.3 Å². The third-order valence-corrected chi connectivity index (χ3v) is 22.3. The fraction of sp³-hybridized carbons (Fsp3) is 0.781. The summed E-state index contributed by atoms with van der Waals surface area (Å²) in [6.07, 6.45) is 2.36. The van der Waals surface area contributed by atoms with Gasteiger partial charge in [-0.15, -0.1) is 0 Å². The average Bonchev–Trinajstić information content (AvgIpc) is 1.72. The van der Waals surface area contributed by atoms with Crippen LogP contribution in [0.1, 0.15) is 160 Å². The SMILES string of the molecule is CC[C@H](C)[C@@H]1NC(=O)[C@H](CCN)NC(=O)[C@@H]2CCCN2C(=O)[C@H]([C@@H](C)CC)NC(=O)[C@H]2NC(=O)[C@H]([C@@H](C)CC)NC(=O)[C@@H]3CCCN3C(=O)[C@@H]3CCCN3C(=O)[C@H](CC(C)(C)C)NC(=O)[C@H](CO)NC(=O)[C@H](CCCN=C(N)N)NC(=O)[C@H](CO)NC(=O)[C@H](CSSC2(C)C)NC1=O. The number of guanidine groups is 1. The van der Waals surface area contributed by atoms with Gasteiger partial charge in [-0.25, -0.2) is 0 Å². The molecule has 5 aliphatic heterocycles. The predicted molar refractivity (Wildman–Crippen MR) is 368 cm³/mol. The molecule has 98 heavy (non-hydrogen) atoms. The van der Waals surface area contributed by atoms with E-state index in [-0.39, 0.29) is 83.6 Å². The van der Waals surface area contributed by atoms with Crippen LogP contribution in [0.3, 0.4) is 0 Å². The molecule has 16 atom stereocenters. The molecule has 18 N–H and O–H groups in total. The molecule has 5 heterocycles. The molecule has 0 aromatic carbocycles. The molecule has 0 unspecified atom stereocenters. The third-order valence-electron chi connectivity index (χ3n) is 19.0. The maximum Gasteiger partial charge on any atom is 0.246 e. The molecule has 13 amide bonds. The van der Waals surface area contributed by atoms with Crippen LogP contribution in [0.25, 0.3) is 0 Å². The van der Waals surface area contributed by atoms with E-state index in [0.29, 0.717) is 38.5 Å². The van der Waals surface area contributed by atoms with Crippen molar-refractivity contribution in [3.63, 3.8) is 0 Å². The normalized spacial score (nSPS) is 30.2. The third kappa shape index (κ3) is 22.0. The number of nitrogens with two attached hydrogens (primary N) is 3. The Hall–Kier alpha value is -7.04. The molecule has 5 rings (SSSR count). The van der Waals surface area contributed by atoms with E-state index in [1.54, 1.807) is 48.5 Å². The number of nitrogens with zero attached hydrogens (tertiary/aromatic N) is 4. The smallest absolute Gasteiger partial charge is 0.246 e. The van der Waals surface area contributed by atoms with Gasteiger partial charge in [0.15, 0.2) is 5.96 Å². The van der Waals surface area contributed by atoms with Gasteiger partial charge in [-0.05, 0) is 108 Å². The van der Waals surface area contributed by atoms with Crippen molar-refractivity contribution in [2.75, 3.05) is 51.7 Å². The number of rotatable bonds is 15. The Morgan fingerprint density at radius 2 is 0.939 bits per heavy atom. The lowest BCUT2D eigenvalue weighted by atomic mass is 9.87. The highest BCUT2D eigenvalue weighted by molar-refractivity contribution is 8.77. The number of carbonyl (C=O) groups is 13. The molecular weight excluding hydrogens is 1310 g/mol. The second-order valence-corrected chi connectivity index (χ2v) is 31.1. The number of carbonyl (C=O) groups excluding carboxylic acids is 13. The molecule has 5 saturated heterocycles. The van der Waals surface area contributed by atoms with E-state index >= 15 is 14.4 Å². The standard InChI is InChI=1S/C64H109N17O15S2/c1-12-33(4)45-56(91)74-41-32-97-98-64(10,11)48(58(93)77-47(35(6)14-3)61(96)80-27-17-20-42(80)54(89)70-37(23-24-65)50(85)75-45)78-57(92)46(34(5)13-2)76-55(90)43-21-16-26-79(43)60(95)44-22-18-28-81(44)59(94)38(29-63(7,8)9)71-52(87)40(31-83)72-49(84)36(19-15-25-68-62(66)67)69-51(86)39(30-82)73-53(41)88/h33-48,82-83H,12-32,65H2,1-11H3,(H,69,86)(H,70,89)(H,71,87)(H,72,84)(H,73,88)(H,74,91)(H,75,85)(H,76,90)(H,77,93)(H,78,92)(H4,66,67,68)/t33-,34-,35-,36-,37-,38-,39-,40-,41-,42-,43-,44-,45-,46-,47-,48+/m0/s1. The lowest BCUT2D eigenvalue weighted by molar-refractivity contribution is -0.148. The molecule has 0 aliphatic carbocycles. The molecule has 34 heteroatoms. The van der Waals surface area contributed by atoms with Gasteiger partial charge in [-0.1, -0.05) is 103 Å². The minimum absolute atomic E-state index is 0.00831. The zero-order chi connectivity index (χ0) is 73.1. The summed E-state index contributed by atoms with van der Waals surface area (Å²) < 4.78 is -1.46. The van der Waals surface area contributed by atoms with Gasteiger partial charge in [0, 0.05) is 36.7 Å². The van der Waals surface area contributed by atoms with Crippen molar-refractivity contribution >= 4 is 104 Å². The predicted octanol–water partition coefficient (Wildman–Crippen LogP) is -3.04. The van der Waals surface area contributed by atoms with Gasteiger partial charge in [0.25, 0.3) is 0 Å². The van der Waals surface area contributed by atoms with Gasteiger partial charge in [0.2, 0.25) is 76.8 Å². The number of hydrogen-bond donors (Lipinski definition) is 15. The molecule has 0 radical (unpaired) electrons. The monoisotopic (exact) mass is 1420 g/mol. The van der Waals surface area contributed by atoms with Crippen molar-refractivity contribution < 1.29 is 72.5 Å². The van der Waals surface area contributed by atoms with Crippen molar-refractivity contribution in [1.82, 2.24) is 67.9 Å². The van der Waals surface area contributed by atoms with Crippen molar-refractivity contribution in [3.05, 3.63) is 0 Å². The first-order valence-electron chi connectivity index (χ1n) is 34.4. The molecule has 552 valence electrons. The Morgan fingerprint density at radius 3 is 1.46 bits per heavy atom. The van der Waals surface area contributed by atoms with Crippen molar-refractivity contribution in [3.8, 4) is 0 Å². The summed E-state index contributed by atoms with van der Waals surface area (Å²) in [6.45, 7) is 17.2. The van der Waals surface area contributed by atoms with Crippen molar-refractivity contribution in [2.24, 2.45) is 45.4 Å². The summed E-state index contributed by atoms with van der Waals surface area (Å²) in [7, 11) is 1.91. The van der Waals surface area contributed by atoms with E-state index in [2.05, 4.69) is 58.2 Å². The van der Waals surface area contributed by atoms with E-state index < -0.39 is 202 Å². The van der Waals surface area contributed by atoms with Crippen molar-refractivity contribution in [2.45, 2.75) is 243 Å². The first-order valence-corrected chi connectivity index (χ1v) is 36.7. The van der Waals surface area contributed by atoms with Crippen LogP contribution in [0.5, 0.6) is 0 Å². The summed E-state index contributed by atoms with van der Waals surface area (Å²) in [5.41, 5.74) is 16.5. The molecular formula is C64H109N17O15S2. The van der Waals surface area contributed by atoms with Crippen LogP contribution in [-0.4, -0.2) is 243 Å². The Balaban J connectivity index is 1.72. The van der Waals surface area contributed by atoms with Gasteiger partial charge >= 0.3 is 0 Å². The molecule has 0 saturated carbocycles. The molecule has 5 aliphatic rings. The molecule has 5 fully saturated rings. The van der Waals surface area contributed by atoms with Crippen molar-refractivity contribution in [1.29, 1.82) is 0 Å². The molecule has 2 bridgehead atoms. The minimum Gasteiger partial charge on any atom is -0.394 e. The lowest BCUT2D eigenvalue weighted by Gasteiger charge is -2.38. The van der Waals surface area contributed by atoms with E-state index in [9.17, 15) is 58.2 Å². The highest BCUT2D eigenvalue weighted by Gasteiger charge is 2.49. The van der Waals surface area contributed by atoms with Crippen LogP contribution >= 0.6 is 21.6 Å². The van der Waals surface area contributed by atoms with Crippen LogP contribution in [0, 0.1) is 23.2 Å². The van der Waals surface area contributed by atoms with Crippen LogP contribution in [0.15, 0.2) is 4.99 Å². The van der Waals surface area contributed by atoms with Crippen LogP contribution in [-0.2, 0) is 62.3 Å². The number of amides is 13. The molecule has 0 aromatic rings. The van der Waals surface area contributed by atoms with Crippen LogP contribution in [0.4, 0.5) is 0 Å². The highest BCUT2D eigenvalue weighted by atomic mass is 33.1. The Morgan fingerprint density at radius 1 is 0.520 bits per heavy atom. The second kappa shape index (κ2) is 37.4. The number of aliphatic hydroxyl groups is 2. The Labute approximate surface area is 582 Å². The Kier molecular flexibility index (Phi) is 31.2. The first kappa shape index (κ1) is 81.6. The first-order chi connectivity index (χ1) is 46.2. The maximum atomic E-state index is 15.4. The maximum absolute atomic E-state index is 15.4. The summed E-state index contributed by atoms with van der Waals surface area (Å²) in [4.78, 5) is 200. The highest BCUT2D eigenvalue weighted by Crippen LogP contribution is 2.39. The Bertz CT molecular complexity index is 2900. The molecule has 32 nitrogen and oxygen atoms in total. The minimum atomic E-state index is -1.87. The molecule has 0 aromatic heterocycles. The average molecular weight is 1420 g/mol. The zero-order valence-corrected chi connectivity index (χ0v) is 60.3. The van der Waals surface area contributed by atoms with E-state index in [4.69, 9.17) is 17.2 Å². The summed E-state index contributed by atoms with van der Waals surface area (Å²) in [6, 6.07) is -18.5. The zero-order valence-electron chi connectivity index (χ0n) is 58.6. The quantitative estimate of drug-likeness (QED) is 0.0335. The summed E-state index contributed by atoms with van der Waals surface area (Å²) in [5.74, 6) is -13.4.